The van der Waals surface area contributed by atoms with Crippen LogP contribution in [0.4, 0.5) is 5.69 Å². The molecule has 0 aliphatic carbocycles. The second-order valence-corrected chi connectivity index (χ2v) is 10.3. The molecule has 4 rings (SSSR count). The molecule has 0 spiro atoms. The number of nitrogens with zero attached hydrogens (tertiary/aromatic N) is 1. The van der Waals surface area contributed by atoms with Crippen molar-refractivity contribution < 1.29 is 24.9 Å². The molecule has 7 nitrogen and oxygen atoms in total. The van der Waals surface area contributed by atoms with Crippen molar-refractivity contribution >= 4 is 55.3 Å². The van der Waals surface area contributed by atoms with E-state index in [9.17, 15) is 19.8 Å². The number of nitrogens with one attached hydrogen (secondary N) is 1. The summed E-state index contributed by atoms with van der Waals surface area (Å²) >= 11 is 0. The maximum absolute atomic E-state index is 14.1. The molecule has 0 fully saturated rings. The second-order valence-electron chi connectivity index (χ2n) is 10.3. The fourth-order valence-corrected chi connectivity index (χ4v) is 5.19. The molecule has 0 aliphatic heterocycles. The zero-order chi connectivity index (χ0) is 28.6. The van der Waals surface area contributed by atoms with E-state index in [4.69, 9.17) is 5.11 Å². The Balaban J connectivity index is 0.00000462. The molecular weight excluding hydrogens is 544 g/mol. The van der Waals surface area contributed by atoms with E-state index in [0.717, 1.165) is 28.1 Å². The van der Waals surface area contributed by atoms with Gasteiger partial charge in [0.05, 0.1) is 29.9 Å². The summed E-state index contributed by atoms with van der Waals surface area (Å²) in [5.74, 6) is -1.37. The maximum atomic E-state index is 14.1. The van der Waals surface area contributed by atoms with Crippen molar-refractivity contribution in [2.24, 2.45) is 0 Å². The van der Waals surface area contributed by atoms with Gasteiger partial charge < -0.3 is 25.2 Å². The van der Waals surface area contributed by atoms with Crippen LogP contribution in [0.2, 0.25) is 0 Å². The summed E-state index contributed by atoms with van der Waals surface area (Å²) in [4.78, 5) is 25.0. The number of aliphatic hydroxyl groups excluding tert-OH is 2. The number of rotatable bonds is 12. The molecule has 3 aromatic carbocycles. The summed E-state index contributed by atoms with van der Waals surface area (Å²) in [7, 11) is 0. The number of amides is 1. The molecule has 0 bridgehead atoms. The number of hydrogen-bond acceptors (Lipinski definition) is 4. The van der Waals surface area contributed by atoms with Crippen LogP contribution in [0.3, 0.4) is 0 Å². The number of aliphatic hydroxyl groups is 2. The Bertz CT molecular complexity index is 1420. The van der Waals surface area contributed by atoms with E-state index in [-0.39, 0.29) is 62.4 Å². The topological polar surface area (TPSA) is 112 Å². The Morgan fingerprint density at radius 2 is 1.34 bits per heavy atom. The summed E-state index contributed by atoms with van der Waals surface area (Å²) in [5, 5.41) is 32.9. The molecule has 1 amide bonds. The van der Waals surface area contributed by atoms with Crippen LogP contribution < -0.4 is 5.32 Å². The van der Waals surface area contributed by atoms with Gasteiger partial charge in [-0.2, -0.15) is 0 Å². The van der Waals surface area contributed by atoms with Crippen LogP contribution in [0.5, 0.6) is 0 Å². The Morgan fingerprint density at radius 1 is 0.805 bits per heavy atom. The quantitative estimate of drug-likeness (QED) is 0.170. The standard InChI is InChI=1S/C33H36N2O5.Ca.2H/c1-22(2)31-30(33(40)34-25-16-10-5-11-17-25)29(23-12-6-3-7-13-23)32(24-14-8-4-9-15-24)35(31)19-18-26(36)20-27(37)21-28(38)39;;;/h3-17,22,26-27,36-37H,18-21H2,1-2H3,(H,34,40)(H,38,39);;;. The first-order valence-electron chi connectivity index (χ1n) is 13.6. The van der Waals surface area contributed by atoms with Crippen LogP contribution in [0.25, 0.3) is 22.4 Å². The number of carboxylic acids is 1. The molecular formula is C33H38CaN2O5. The number of aromatic nitrogens is 1. The molecule has 8 heteroatoms. The molecule has 0 radical (unpaired) electrons. The van der Waals surface area contributed by atoms with E-state index >= 15 is 0 Å². The Hall–Kier alpha value is -2.94. The van der Waals surface area contributed by atoms with Gasteiger partial charge in [0.15, 0.2) is 0 Å². The van der Waals surface area contributed by atoms with Crippen molar-refractivity contribution in [3.63, 3.8) is 0 Å². The third-order valence-corrected chi connectivity index (χ3v) is 6.86. The molecule has 1 aromatic heterocycles. The summed E-state index contributed by atoms with van der Waals surface area (Å²) in [6, 6.07) is 29.0. The van der Waals surface area contributed by atoms with Gasteiger partial charge in [0, 0.05) is 23.5 Å². The average Bonchev–Trinajstić information content (AvgIpc) is 3.28. The Morgan fingerprint density at radius 3 is 1.88 bits per heavy atom. The van der Waals surface area contributed by atoms with E-state index < -0.39 is 24.6 Å². The summed E-state index contributed by atoms with van der Waals surface area (Å²) in [6.07, 6.45) is -2.24. The molecule has 212 valence electrons. The Kier molecular flexibility index (Phi) is 12.2. The van der Waals surface area contributed by atoms with Crippen molar-refractivity contribution in [3.05, 3.63) is 102 Å². The number of carbonyl (C=O) groups excluding carboxylic acids is 1. The van der Waals surface area contributed by atoms with Crippen molar-refractivity contribution in [2.75, 3.05) is 5.32 Å². The molecule has 0 saturated heterocycles. The van der Waals surface area contributed by atoms with E-state index in [1.165, 1.54) is 0 Å². The van der Waals surface area contributed by atoms with Crippen molar-refractivity contribution in [1.82, 2.24) is 4.57 Å². The third-order valence-electron chi connectivity index (χ3n) is 6.86. The summed E-state index contributed by atoms with van der Waals surface area (Å²) in [6.45, 7) is 4.46. The Labute approximate surface area is 270 Å². The molecule has 0 aliphatic rings. The molecule has 4 aromatic rings. The molecule has 2 unspecified atom stereocenters. The van der Waals surface area contributed by atoms with Gasteiger partial charge in [-0.05, 0) is 42.0 Å². The normalized spacial score (nSPS) is 12.4. The van der Waals surface area contributed by atoms with Gasteiger partial charge in [0.25, 0.3) is 5.91 Å². The predicted molar refractivity (Wildman–Crippen MR) is 166 cm³/mol. The number of benzene rings is 3. The van der Waals surface area contributed by atoms with Gasteiger partial charge in [-0.1, -0.05) is 92.7 Å². The van der Waals surface area contributed by atoms with Crippen LogP contribution in [0.15, 0.2) is 91.0 Å². The minimum absolute atomic E-state index is 0. The fourth-order valence-electron chi connectivity index (χ4n) is 5.19. The average molecular weight is 583 g/mol. The third kappa shape index (κ3) is 8.31. The van der Waals surface area contributed by atoms with Crippen molar-refractivity contribution in [1.29, 1.82) is 0 Å². The summed E-state index contributed by atoms with van der Waals surface area (Å²) in [5.41, 5.74) is 5.61. The zero-order valence-electron chi connectivity index (χ0n) is 22.8. The first-order valence-corrected chi connectivity index (χ1v) is 13.6. The van der Waals surface area contributed by atoms with Gasteiger partial charge in [0.2, 0.25) is 0 Å². The monoisotopic (exact) mass is 582 g/mol. The van der Waals surface area contributed by atoms with Gasteiger partial charge in [-0.25, -0.2) is 0 Å². The number of anilines is 1. The SMILES string of the molecule is CC(C)c1c(C(=O)Nc2ccccc2)c(-c2ccccc2)c(-c2ccccc2)n1CCC(O)CC(O)CC(=O)O.[CaH2]. The number of aliphatic carboxylic acids is 1. The van der Waals surface area contributed by atoms with Crippen LogP contribution >= 0.6 is 0 Å². The first kappa shape index (κ1) is 32.6. The first-order chi connectivity index (χ1) is 19.3. The van der Waals surface area contributed by atoms with Gasteiger partial charge in [0.1, 0.15) is 0 Å². The number of para-hydroxylation sites is 1. The molecule has 41 heavy (non-hydrogen) atoms. The van der Waals surface area contributed by atoms with Gasteiger partial charge in [-0.3, -0.25) is 9.59 Å². The molecule has 2 atom stereocenters. The fraction of sp³-hybridized carbons (Fsp3) is 0.273. The zero-order valence-corrected chi connectivity index (χ0v) is 22.8. The van der Waals surface area contributed by atoms with Crippen LogP contribution in [-0.4, -0.2) is 81.7 Å². The van der Waals surface area contributed by atoms with Crippen LogP contribution in [0.1, 0.15) is 55.1 Å². The van der Waals surface area contributed by atoms with Crippen molar-refractivity contribution in [3.8, 4) is 22.4 Å². The predicted octanol–water partition coefficient (Wildman–Crippen LogP) is 5.26. The van der Waals surface area contributed by atoms with Crippen LogP contribution in [0, 0.1) is 0 Å². The number of carboxylic acid groups (broad SMARTS) is 1. The van der Waals surface area contributed by atoms with Gasteiger partial charge >= 0.3 is 43.7 Å². The summed E-state index contributed by atoms with van der Waals surface area (Å²) < 4.78 is 2.11. The van der Waals surface area contributed by atoms with E-state index in [2.05, 4.69) is 9.88 Å². The van der Waals surface area contributed by atoms with E-state index in [0.29, 0.717) is 17.8 Å². The molecule has 0 saturated carbocycles. The van der Waals surface area contributed by atoms with Crippen molar-refractivity contribution in [2.45, 2.75) is 57.8 Å². The van der Waals surface area contributed by atoms with Crippen LogP contribution in [-0.2, 0) is 11.3 Å². The van der Waals surface area contributed by atoms with E-state index in [1.54, 1.807) is 0 Å². The van der Waals surface area contributed by atoms with Gasteiger partial charge in [-0.15, -0.1) is 0 Å². The number of hydrogen-bond donors (Lipinski definition) is 4. The van der Waals surface area contributed by atoms with E-state index in [1.807, 2.05) is 105 Å². The minimum atomic E-state index is -1.14. The number of carbonyl (C=O) groups is 2. The molecule has 1 heterocycles. The molecule has 4 N–H and O–H groups in total. The second kappa shape index (κ2) is 15.3.